The molecule has 0 saturated carbocycles. The summed E-state index contributed by atoms with van der Waals surface area (Å²) in [4.78, 5) is 24.4. The van der Waals surface area contributed by atoms with Gasteiger partial charge in [-0.15, -0.1) is 6.58 Å². The van der Waals surface area contributed by atoms with Crippen molar-refractivity contribution in [2.24, 2.45) is 5.92 Å². The fourth-order valence-corrected chi connectivity index (χ4v) is 2.06. The summed E-state index contributed by atoms with van der Waals surface area (Å²) < 4.78 is 5.00. The highest BCUT2D eigenvalue weighted by Gasteiger charge is 2.24. The lowest BCUT2D eigenvalue weighted by Crippen LogP contribution is -2.37. The maximum Gasteiger partial charge on any atom is 0.371 e. The third-order valence-electron chi connectivity index (χ3n) is 3.19. The van der Waals surface area contributed by atoms with Crippen molar-refractivity contribution in [1.29, 1.82) is 0 Å². The minimum Gasteiger partial charge on any atom is -0.475 e. The van der Waals surface area contributed by atoms with E-state index in [9.17, 15) is 9.59 Å². The molecule has 5 heteroatoms. The fourth-order valence-electron chi connectivity index (χ4n) is 2.06. The molecule has 1 N–H and O–H groups in total. The predicted octanol–water partition coefficient (Wildman–Crippen LogP) is 2.02. The molecule has 0 bridgehead atoms. The summed E-state index contributed by atoms with van der Waals surface area (Å²) in [5.41, 5.74) is 0. The summed E-state index contributed by atoms with van der Waals surface area (Å²) in [5, 5.41) is 8.73. The molecule has 1 saturated heterocycles. The maximum atomic E-state index is 12.0. The molecular formula is C13H15NO4. The van der Waals surface area contributed by atoms with Crippen LogP contribution in [0.1, 0.15) is 34.0 Å². The quantitative estimate of drug-likeness (QED) is 0.832. The van der Waals surface area contributed by atoms with Crippen LogP contribution in [0.4, 0.5) is 0 Å². The summed E-state index contributed by atoms with van der Waals surface area (Å²) in [7, 11) is 0. The molecule has 0 unspecified atom stereocenters. The van der Waals surface area contributed by atoms with E-state index in [1.165, 1.54) is 12.1 Å². The Morgan fingerprint density at radius 3 is 2.44 bits per heavy atom. The second kappa shape index (κ2) is 5.08. The minimum absolute atomic E-state index is 0.0875. The molecule has 0 aliphatic carbocycles. The molecule has 2 heterocycles. The van der Waals surface area contributed by atoms with Crippen LogP contribution in [0.5, 0.6) is 0 Å². The fraction of sp³-hybridized carbons (Fsp3) is 0.385. The monoisotopic (exact) mass is 249 g/mol. The van der Waals surface area contributed by atoms with E-state index in [0.717, 1.165) is 12.8 Å². The molecule has 18 heavy (non-hydrogen) atoms. The van der Waals surface area contributed by atoms with Gasteiger partial charge in [-0.05, 0) is 30.9 Å². The molecule has 0 aromatic carbocycles. The van der Waals surface area contributed by atoms with E-state index >= 15 is 0 Å². The highest BCUT2D eigenvalue weighted by atomic mass is 16.4. The molecular weight excluding hydrogens is 234 g/mol. The van der Waals surface area contributed by atoms with E-state index in [4.69, 9.17) is 9.52 Å². The van der Waals surface area contributed by atoms with Gasteiger partial charge in [-0.3, -0.25) is 4.79 Å². The van der Waals surface area contributed by atoms with Crippen molar-refractivity contribution in [2.75, 3.05) is 13.1 Å². The number of carboxylic acid groups (broad SMARTS) is 1. The SMILES string of the molecule is C=CC1CCN(C(=O)c2ccc(C(=O)O)o2)CC1. The van der Waals surface area contributed by atoms with Gasteiger partial charge in [0.15, 0.2) is 5.76 Å². The molecule has 5 nitrogen and oxygen atoms in total. The average molecular weight is 249 g/mol. The molecule has 2 rings (SSSR count). The molecule has 96 valence electrons. The van der Waals surface area contributed by atoms with Crippen molar-refractivity contribution >= 4 is 11.9 Å². The van der Waals surface area contributed by atoms with Crippen molar-refractivity contribution in [3.63, 3.8) is 0 Å². The zero-order chi connectivity index (χ0) is 13.1. The predicted molar refractivity (Wildman–Crippen MR) is 64.5 cm³/mol. The van der Waals surface area contributed by atoms with Crippen LogP contribution in [0, 0.1) is 5.92 Å². The van der Waals surface area contributed by atoms with Crippen LogP contribution in [0.2, 0.25) is 0 Å². The van der Waals surface area contributed by atoms with Crippen molar-refractivity contribution in [3.8, 4) is 0 Å². The molecule has 1 aromatic rings. The van der Waals surface area contributed by atoms with Crippen LogP contribution in [0.15, 0.2) is 29.2 Å². The van der Waals surface area contributed by atoms with Gasteiger partial charge in [-0.25, -0.2) is 4.79 Å². The lowest BCUT2D eigenvalue weighted by molar-refractivity contribution is 0.0636. The molecule has 1 aromatic heterocycles. The van der Waals surface area contributed by atoms with Gasteiger partial charge in [0, 0.05) is 13.1 Å². The number of amides is 1. The largest absolute Gasteiger partial charge is 0.475 e. The lowest BCUT2D eigenvalue weighted by atomic mass is 9.97. The molecule has 0 radical (unpaired) electrons. The average Bonchev–Trinajstić information content (AvgIpc) is 2.88. The van der Waals surface area contributed by atoms with Crippen LogP contribution in [-0.4, -0.2) is 35.0 Å². The van der Waals surface area contributed by atoms with Crippen molar-refractivity contribution in [2.45, 2.75) is 12.8 Å². The Labute approximate surface area is 105 Å². The van der Waals surface area contributed by atoms with Gasteiger partial charge in [0.1, 0.15) is 0 Å². The van der Waals surface area contributed by atoms with E-state index in [1.54, 1.807) is 4.90 Å². The second-order valence-corrected chi connectivity index (χ2v) is 4.33. The van der Waals surface area contributed by atoms with Gasteiger partial charge >= 0.3 is 5.97 Å². The third kappa shape index (κ3) is 2.45. The van der Waals surface area contributed by atoms with Crippen LogP contribution < -0.4 is 0 Å². The Balaban J connectivity index is 2.03. The highest BCUT2D eigenvalue weighted by Crippen LogP contribution is 2.20. The van der Waals surface area contributed by atoms with Gasteiger partial charge in [0.2, 0.25) is 5.76 Å². The minimum atomic E-state index is -1.17. The summed E-state index contributed by atoms with van der Waals surface area (Å²) in [6.45, 7) is 5.05. The van der Waals surface area contributed by atoms with Crippen molar-refractivity contribution in [3.05, 3.63) is 36.3 Å². The van der Waals surface area contributed by atoms with E-state index < -0.39 is 5.97 Å². The number of carbonyl (C=O) groups is 2. The first-order chi connectivity index (χ1) is 8.61. The number of carbonyl (C=O) groups excluding carboxylic acids is 1. The summed E-state index contributed by atoms with van der Waals surface area (Å²) in [6, 6.07) is 2.71. The van der Waals surface area contributed by atoms with Gasteiger partial charge < -0.3 is 14.4 Å². The normalized spacial score (nSPS) is 16.6. The summed E-state index contributed by atoms with van der Waals surface area (Å²) in [5.74, 6) is -1.08. The molecule has 0 atom stereocenters. The Morgan fingerprint density at radius 1 is 1.33 bits per heavy atom. The number of allylic oxidation sites excluding steroid dienone is 1. The van der Waals surface area contributed by atoms with Crippen LogP contribution in [0.3, 0.4) is 0 Å². The third-order valence-corrected chi connectivity index (χ3v) is 3.19. The molecule has 1 amide bonds. The number of rotatable bonds is 3. The first-order valence-electron chi connectivity index (χ1n) is 5.86. The van der Waals surface area contributed by atoms with Crippen molar-refractivity contribution < 1.29 is 19.1 Å². The molecule has 1 aliphatic heterocycles. The topological polar surface area (TPSA) is 70.8 Å². The Morgan fingerprint density at radius 2 is 1.94 bits per heavy atom. The van der Waals surface area contributed by atoms with Gasteiger partial charge in [0.05, 0.1) is 0 Å². The van der Waals surface area contributed by atoms with Crippen LogP contribution in [0.25, 0.3) is 0 Å². The number of likely N-dealkylation sites (tertiary alicyclic amines) is 1. The van der Waals surface area contributed by atoms with E-state index in [-0.39, 0.29) is 17.4 Å². The zero-order valence-electron chi connectivity index (χ0n) is 9.96. The zero-order valence-corrected chi connectivity index (χ0v) is 9.96. The summed E-state index contributed by atoms with van der Waals surface area (Å²) in [6.07, 6.45) is 3.70. The van der Waals surface area contributed by atoms with Gasteiger partial charge in [0.25, 0.3) is 5.91 Å². The number of carboxylic acids is 1. The number of hydrogen-bond acceptors (Lipinski definition) is 3. The number of hydrogen-bond donors (Lipinski definition) is 1. The van der Waals surface area contributed by atoms with E-state index in [2.05, 4.69) is 6.58 Å². The Hall–Kier alpha value is -2.04. The first-order valence-corrected chi connectivity index (χ1v) is 5.86. The lowest BCUT2D eigenvalue weighted by Gasteiger charge is -2.29. The second-order valence-electron chi connectivity index (χ2n) is 4.33. The van der Waals surface area contributed by atoms with Crippen LogP contribution in [-0.2, 0) is 0 Å². The van der Waals surface area contributed by atoms with E-state index in [1.807, 2.05) is 6.08 Å². The number of aromatic carboxylic acids is 1. The number of furan rings is 1. The maximum absolute atomic E-state index is 12.0. The highest BCUT2D eigenvalue weighted by molar-refractivity contribution is 5.93. The van der Waals surface area contributed by atoms with E-state index in [0.29, 0.717) is 19.0 Å². The van der Waals surface area contributed by atoms with Crippen molar-refractivity contribution in [1.82, 2.24) is 4.90 Å². The molecule has 1 aliphatic rings. The Bertz CT molecular complexity index is 469. The Kier molecular flexibility index (Phi) is 3.50. The molecule has 0 spiro atoms. The number of nitrogens with zero attached hydrogens (tertiary/aromatic N) is 1. The first kappa shape index (κ1) is 12.4. The van der Waals surface area contributed by atoms with Crippen LogP contribution >= 0.6 is 0 Å². The summed E-state index contributed by atoms with van der Waals surface area (Å²) >= 11 is 0. The smallest absolute Gasteiger partial charge is 0.371 e. The number of piperidine rings is 1. The van der Waals surface area contributed by atoms with Gasteiger partial charge in [-0.2, -0.15) is 0 Å². The standard InChI is InChI=1S/C13H15NO4/c1-2-9-5-7-14(8-6-9)12(15)10-3-4-11(18-10)13(16)17/h2-4,9H,1,5-8H2,(H,16,17). The molecule has 1 fully saturated rings. The van der Waals surface area contributed by atoms with Gasteiger partial charge in [-0.1, -0.05) is 6.08 Å².